The fourth-order valence-electron chi connectivity index (χ4n) is 6.26. The van der Waals surface area contributed by atoms with Gasteiger partial charge in [-0.15, -0.1) is 0 Å². The van der Waals surface area contributed by atoms with Gasteiger partial charge in [-0.3, -0.25) is 14.5 Å². The molecule has 2 saturated heterocycles. The van der Waals surface area contributed by atoms with Crippen LogP contribution >= 0.6 is 0 Å². The van der Waals surface area contributed by atoms with E-state index in [1.807, 2.05) is 42.5 Å². The number of carbonyl (C=O) groups excluding carboxylic acids is 2. The van der Waals surface area contributed by atoms with Crippen molar-refractivity contribution in [3.63, 3.8) is 0 Å². The minimum atomic E-state index is -1.00. The number of rotatable bonds is 8. The van der Waals surface area contributed by atoms with Crippen LogP contribution in [0.15, 0.2) is 71.3 Å². The lowest BCUT2D eigenvalue weighted by Crippen LogP contribution is -2.46. The Balaban J connectivity index is 1.45. The molecule has 0 saturated carbocycles. The van der Waals surface area contributed by atoms with E-state index in [-0.39, 0.29) is 35.9 Å². The van der Waals surface area contributed by atoms with Gasteiger partial charge in [0, 0.05) is 7.05 Å². The maximum Gasteiger partial charge on any atom is 0.455 e. The van der Waals surface area contributed by atoms with Crippen molar-refractivity contribution in [1.82, 2.24) is 4.90 Å². The van der Waals surface area contributed by atoms with Gasteiger partial charge in [-0.1, -0.05) is 48.9 Å². The van der Waals surface area contributed by atoms with E-state index < -0.39 is 19.0 Å². The monoisotopic (exact) mass is 515 g/mol. The van der Waals surface area contributed by atoms with Gasteiger partial charge in [0.2, 0.25) is 11.8 Å². The molecule has 5 rings (SSSR count). The smallest absolute Gasteiger partial charge is 0.455 e. The number of ether oxygens (including phenoxy) is 1. The fourth-order valence-corrected chi connectivity index (χ4v) is 6.26. The van der Waals surface area contributed by atoms with E-state index in [4.69, 9.17) is 9.39 Å². The molecule has 7 nitrogen and oxygen atoms in total. The van der Waals surface area contributed by atoms with E-state index >= 15 is 0 Å². The number of carbonyl (C=O) groups is 2. The van der Waals surface area contributed by atoms with Crippen molar-refractivity contribution >= 4 is 25.0 Å². The van der Waals surface area contributed by atoms with Gasteiger partial charge in [-0.25, -0.2) is 0 Å². The van der Waals surface area contributed by atoms with Crippen molar-refractivity contribution in [2.45, 2.75) is 45.0 Å². The number of benzene rings is 2. The number of likely N-dealkylation sites (tertiary alicyclic amines) is 1. The van der Waals surface area contributed by atoms with Crippen LogP contribution in [0, 0.1) is 17.8 Å². The second kappa shape index (κ2) is 11.2. The van der Waals surface area contributed by atoms with E-state index in [9.17, 15) is 19.7 Å². The Hall–Kier alpha value is -3.36. The summed E-state index contributed by atoms with van der Waals surface area (Å²) in [6.07, 6.45) is 4.63. The number of phenols is 1. The molecule has 0 bridgehead atoms. The minimum Gasteiger partial charge on any atom is -0.508 e. The molecule has 1 aliphatic carbocycles. The minimum absolute atomic E-state index is 0.156. The highest BCUT2D eigenvalue weighted by Crippen LogP contribution is 2.50. The predicted octanol–water partition coefficient (Wildman–Crippen LogP) is 4.47. The van der Waals surface area contributed by atoms with Crippen LogP contribution in [0.2, 0.25) is 6.32 Å². The second-order valence-corrected chi connectivity index (χ2v) is 10.4. The third-order valence-corrected chi connectivity index (χ3v) is 8.11. The van der Waals surface area contributed by atoms with Crippen LogP contribution in [0.1, 0.15) is 38.2 Å². The van der Waals surface area contributed by atoms with E-state index in [2.05, 4.69) is 13.0 Å². The summed E-state index contributed by atoms with van der Waals surface area (Å²) in [6, 6.07) is 16.7. The number of nitrogens with zero attached hydrogens (tertiary/aromatic N) is 1. The van der Waals surface area contributed by atoms with Crippen molar-refractivity contribution < 1.29 is 29.1 Å². The molecule has 0 radical (unpaired) electrons. The Morgan fingerprint density at radius 2 is 1.92 bits per heavy atom. The first-order valence-corrected chi connectivity index (χ1v) is 13.4. The van der Waals surface area contributed by atoms with Crippen molar-refractivity contribution in [2.75, 3.05) is 13.7 Å². The molecule has 198 valence electrons. The normalized spacial score (nSPS) is 25.5. The number of fused-ring (bicyclic) bond motifs is 3. The van der Waals surface area contributed by atoms with E-state index in [1.165, 1.54) is 10.5 Å². The lowest BCUT2D eigenvalue weighted by atomic mass is 9.58. The molecule has 2 heterocycles. The predicted molar refractivity (Wildman–Crippen MR) is 145 cm³/mol. The van der Waals surface area contributed by atoms with E-state index in [0.717, 1.165) is 35.3 Å². The van der Waals surface area contributed by atoms with Crippen molar-refractivity contribution in [3.8, 4) is 11.5 Å². The summed E-state index contributed by atoms with van der Waals surface area (Å²) in [5, 5.41) is 20.5. The first-order chi connectivity index (χ1) is 18.4. The average Bonchev–Trinajstić information content (AvgIpc) is 3.13. The summed E-state index contributed by atoms with van der Waals surface area (Å²) in [5.41, 5.74) is 4.12. The molecule has 2 N–H and O–H groups in total. The standard InChI is InChI=1S/C30H34BNO6/c1-3-19(14-20-8-7-9-22(33)15-20)12-13-26-27-21(18-37-23-10-5-4-6-11-23)16-24-28(25(27)17-31(36)38-26)30(35)32(2)29(24)34/h4-11,14-15,24-26,28,33,36H,3,12-13,16-18H2,1-2H3/b19-14+/t24-,25+,26-,28-/m1/s1. The first kappa shape index (κ1) is 26.3. The van der Waals surface area contributed by atoms with Gasteiger partial charge in [-0.05, 0) is 78.9 Å². The Morgan fingerprint density at radius 3 is 2.66 bits per heavy atom. The van der Waals surface area contributed by atoms with Crippen LogP contribution < -0.4 is 4.74 Å². The van der Waals surface area contributed by atoms with Crippen LogP contribution in [-0.4, -0.2) is 53.7 Å². The highest BCUT2D eigenvalue weighted by Gasteiger charge is 2.56. The van der Waals surface area contributed by atoms with Gasteiger partial charge >= 0.3 is 7.12 Å². The van der Waals surface area contributed by atoms with Crippen molar-refractivity contribution in [1.29, 1.82) is 0 Å². The lowest BCUT2D eigenvalue weighted by Gasteiger charge is -2.43. The van der Waals surface area contributed by atoms with Gasteiger partial charge < -0.3 is 19.5 Å². The second-order valence-electron chi connectivity index (χ2n) is 10.4. The molecule has 0 unspecified atom stereocenters. The largest absolute Gasteiger partial charge is 0.508 e. The molecule has 2 aromatic carbocycles. The van der Waals surface area contributed by atoms with Gasteiger partial charge in [0.25, 0.3) is 0 Å². The van der Waals surface area contributed by atoms with Gasteiger partial charge in [0.15, 0.2) is 0 Å². The maximum absolute atomic E-state index is 13.1. The summed E-state index contributed by atoms with van der Waals surface area (Å²) in [6.45, 7) is 2.40. The first-order valence-electron chi connectivity index (χ1n) is 13.4. The molecule has 2 fully saturated rings. The van der Waals surface area contributed by atoms with Gasteiger partial charge in [0.05, 0.1) is 17.9 Å². The Morgan fingerprint density at radius 1 is 1.13 bits per heavy atom. The summed E-state index contributed by atoms with van der Waals surface area (Å²) in [4.78, 5) is 27.4. The lowest BCUT2D eigenvalue weighted by molar-refractivity contribution is -0.138. The molecule has 38 heavy (non-hydrogen) atoms. The van der Waals surface area contributed by atoms with Gasteiger partial charge in [-0.2, -0.15) is 0 Å². The molecular weight excluding hydrogens is 481 g/mol. The highest BCUT2D eigenvalue weighted by molar-refractivity contribution is 6.43. The third kappa shape index (κ3) is 5.29. The number of imide groups is 1. The molecule has 8 heteroatoms. The zero-order valence-corrected chi connectivity index (χ0v) is 21.9. The molecule has 0 spiro atoms. The average molecular weight is 515 g/mol. The number of amides is 2. The van der Waals surface area contributed by atoms with Crippen LogP contribution in [-0.2, 0) is 14.2 Å². The van der Waals surface area contributed by atoms with Crippen LogP contribution in [0.25, 0.3) is 6.08 Å². The van der Waals surface area contributed by atoms with Crippen LogP contribution in [0.4, 0.5) is 0 Å². The number of hydrogen-bond acceptors (Lipinski definition) is 6. The summed E-state index contributed by atoms with van der Waals surface area (Å²) < 4.78 is 12.2. The number of hydrogen-bond donors (Lipinski definition) is 2. The number of para-hydroxylation sites is 1. The van der Waals surface area contributed by atoms with Crippen LogP contribution in [0.3, 0.4) is 0 Å². The number of phenolic OH excluding ortho intramolecular Hbond substituents is 1. The van der Waals surface area contributed by atoms with Crippen molar-refractivity contribution in [3.05, 3.63) is 76.9 Å². The van der Waals surface area contributed by atoms with E-state index in [0.29, 0.717) is 19.4 Å². The SMILES string of the molecule is CC/C(=C\c1cccc(O)c1)CC[C@H]1OB(O)C[C@H]2C1=C(COc1ccccc1)C[C@H]1C(=O)N(C)C(=O)[C@H]12. The quantitative estimate of drug-likeness (QED) is 0.306. The maximum atomic E-state index is 13.1. The topological polar surface area (TPSA) is 96.3 Å². The molecule has 0 aromatic heterocycles. The molecule has 2 amide bonds. The Labute approximate surface area is 223 Å². The Bertz CT molecular complexity index is 1260. The zero-order valence-electron chi connectivity index (χ0n) is 21.9. The molecule has 2 aromatic rings. The molecule has 3 aliphatic rings. The molecular formula is C30H34BNO6. The van der Waals surface area contributed by atoms with E-state index in [1.54, 1.807) is 19.2 Å². The van der Waals surface area contributed by atoms with Crippen LogP contribution in [0.5, 0.6) is 11.5 Å². The highest BCUT2D eigenvalue weighted by atomic mass is 16.5. The zero-order chi connectivity index (χ0) is 26.8. The third-order valence-electron chi connectivity index (χ3n) is 8.11. The molecule has 4 atom stereocenters. The van der Waals surface area contributed by atoms with Crippen molar-refractivity contribution in [2.24, 2.45) is 17.8 Å². The molecule has 2 aliphatic heterocycles. The Kier molecular flexibility index (Phi) is 7.72. The van der Waals surface area contributed by atoms with Gasteiger partial charge in [0.1, 0.15) is 18.1 Å². The number of aromatic hydroxyl groups is 1. The number of allylic oxidation sites excluding steroid dienone is 1. The summed E-state index contributed by atoms with van der Waals surface area (Å²) in [7, 11) is 0.549. The fraction of sp³-hybridized carbons (Fsp3) is 0.400. The summed E-state index contributed by atoms with van der Waals surface area (Å²) >= 11 is 0. The summed E-state index contributed by atoms with van der Waals surface area (Å²) in [5.74, 6) is -0.538.